The number of fused-ring (bicyclic) bond motifs is 1. The van der Waals surface area contributed by atoms with E-state index in [-0.39, 0.29) is 0 Å². The Morgan fingerprint density at radius 1 is 1.24 bits per heavy atom. The molecule has 3 nitrogen and oxygen atoms in total. The van der Waals surface area contributed by atoms with E-state index in [1.165, 1.54) is 38.5 Å². The zero-order valence-corrected chi connectivity index (χ0v) is 13.2. The van der Waals surface area contributed by atoms with Crippen LogP contribution in [0.15, 0.2) is 24.3 Å². The number of para-hydroxylation sites is 2. The van der Waals surface area contributed by atoms with Crippen LogP contribution in [0.2, 0.25) is 0 Å². The summed E-state index contributed by atoms with van der Waals surface area (Å²) < 4.78 is 0. The monoisotopic (exact) mass is 285 g/mol. The van der Waals surface area contributed by atoms with Crippen LogP contribution in [0, 0.1) is 5.92 Å². The summed E-state index contributed by atoms with van der Waals surface area (Å²) in [5, 5.41) is 3.79. The van der Waals surface area contributed by atoms with Crippen LogP contribution >= 0.6 is 0 Å². The summed E-state index contributed by atoms with van der Waals surface area (Å²) in [4.78, 5) is 8.16. The Bertz CT molecular complexity index is 542. The van der Waals surface area contributed by atoms with Gasteiger partial charge in [0.05, 0.1) is 17.1 Å². The van der Waals surface area contributed by atoms with Crippen LogP contribution in [-0.4, -0.2) is 16.0 Å². The molecule has 2 aromatic rings. The molecule has 1 fully saturated rings. The van der Waals surface area contributed by atoms with Crippen LogP contribution in [0.5, 0.6) is 0 Å². The summed E-state index contributed by atoms with van der Waals surface area (Å²) in [7, 11) is 0. The maximum atomic E-state index is 4.71. The minimum absolute atomic E-state index is 0.292. The number of aromatic amines is 1. The van der Waals surface area contributed by atoms with Gasteiger partial charge in [-0.2, -0.15) is 0 Å². The van der Waals surface area contributed by atoms with Gasteiger partial charge in [-0.15, -0.1) is 0 Å². The first-order valence-electron chi connectivity index (χ1n) is 8.47. The molecular formula is C18H27N3. The van der Waals surface area contributed by atoms with Crippen molar-refractivity contribution in [1.82, 2.24) is 15.3 Å². The first kappa shape index (κ1) is 14.6. The molecule has 0 radical (unpaired) electrons. The van der Waals surface area contributed by atoms with Crippen LogP contribution in [0.1, 0.15) is 64.2 Å². The molecule has 0 aliphatic heterocycles. The van der Waals surface area contributed by atoms with Crippen LogP contribution < -0.4 is 5.32 Å². The van der Waals surface area contributed by atoms with Gasteiger partial charge in [-0.3, -0.25) is 0 Å². The van der Waals surface area contributed by atoms with E-state index in [1.54, 1.807) is 0 Å². The molecule has 2 N–H and O–H groups in total. The van der Waals surface area contributed by atoms with Crippen LogP contribution in [0.25, 0.3) is 11.0 Å². The lowest BCUT2D eigenvalue weighted by molar-refractivity contribution is 0.394. The van der Waals surface area contributed by atoms with Gasteiger partial charge in [0.2, 0.25) is 0 Å². The quantitative estimate of drug-likeness (QED) is 0.808. The van der Waals surface area contributed by atoms with Gasteiger partial charge in [0.1, 0.15) is 5.82 Å². The number of imidazole rings is 1. The van der Waals surface area contributed by atoms with E-state index < -0.39 is 0 Å². The van der Waals surface area contributed by atoms with Gasteiger partial charge in [0, 0.05) is 6.04 Å². The summed E-state index contributed by atoms with van der Waals surface area (Å²) >= 11 is 0. The highest BCUT2D eigenvalue weighted by atomic mass is 15.0. The molecule has 1 aliphatic rings. The van der Waals surface area contributed by atoms with E-state index >= 15 is 0 Å². The van der Waals surface area contributed by atoms with Gasteiger partial charge in [0.25, 0.3) is 0 Å². The molecule has 0 saturated heterocycles. The summed E-state index contributed by atoms with van der Waals surface area (Å²) in [6.45, 7) is 4.55. The topological polar surface area (TPSA) is 40.7 Å². The van der Waals surface area contributed by atoms with Crippen molar-refractivity contribution < 1.29 is 0 Å². The molecule has 0 spiro atoms. The third kappa shape index (κ3) is 3.46. The van der Waals surface area contributed by atoms with Crippen molar-refractivity contribution in [3.63, 3.8) is 0 Å². The average Bonchev–Trinajstić information content (AvgIpc) is 2.81. The van der Waals surface area contributed by atoms with Gasteiger partial charge >= 0.3 is 0 Å². The molecule has 3 heteroatoms. The fourth-order valence-corrected chi connectivity index (χ4v) is 3.56. The standard InChI is InChI=1S/C18H27N3/c1-3-14-7-6-8-15(12-11-14)19-13(2)18-20-16-9-4-5-10-17(16)21-18/h4-5,9-10,13-15,19H,3,6-8,11-12H2,1-2H3,(H,20,21). The SMILES string of the molecule is CCC1CCCC(NC(C)c2nc3ccccc3[nH]2)CC1. The molecule has 0 amide bonds. The number of hydrogen-bond donors (Lipinski definition) is 2. The second kappa shape index (κ2) is 6.61. The lowest BCUT2D eigenvalue weighted by Gasteiger charge is -2.21. The van der Waals surface area contributed by atoms with E-state index in [0.29, 0.717) is 12.1 Å². The third-order valence-electron chi connectivity index (χ3n) is 4.97. The highest BCUT2D eigenvalue weighted by Crippen LogP contribution is 2.27. The number of nitrogens with one attached hydrogen (secondary N) is 2. The Labute approximate surface area is 127 Å². The Hall–Kier alpha value is -1.35. The Balaban J connectivity index is 1.64. The molecule has 1 aromatic carbocycles. The van der Waals surface area contributed by atoms with E-state index in [0.717, 1.165) is 22.8 Å². The minimum Gasteiger partial charge on any atom is -0.341 e. The molecule has 114 valence electrons. The summed E-state index contributed by atoms with van der Waals surface area (Å²) in [6.07, 6.45) is 8.10. The molecular weight excluding hydrogens is 258 g/mol. The van der Waals surface area contributed by atoms with Gasteiger partial charge in [-0.05, 0) is 44.2 Å². The number of rotatable bonds is 4. The highest BCUT2D eigenvalue weighted by Gasteiger charge is 2.20. The first-order valence-corrected chi connectivity index (χ1v) is 8.47. The average molecular weight is 285 g/mol. The molecule has 0 bridgehead atoms. The highest BCUT2D eigenvalue weighted by molar-refractivity contribution is 5.74. The lowest BCUT2D eigenvalue weighted by Crippen LogP contribution is -2.31. The number of nitrogens with zero attached hydrogens (tertiary/aromatic N) is 1. The van der Waals surface area contributed by atoms with Gasteiger partial charge in [-0.25, -0.2) is 4.98 Å². The first-order chi connectivity index (χ1) is 10.3. The van der Waals surface area contributed by atoms with Crippen LogP contribution in [0.3, 0.4) is 0 Å². The molecule has 1 heterocycles. The van der Waals surface area contributed by atoms with Gasteiger partial charge < -0.3 is 10.3 Å². The van der Waals surface area contributed by atoms with Crippen molar-refractivity contribution in [3.05, 3.63) is 30.1 Å². The van der Waals surface area contributed by atoms with Crippen molar-refractivity contribution in [1.29, 1.82) is 0 Å². The van der Waals surface area contributed by atoms with Crippen molar-refractivity contribution >= 4 is 11.0 Å². The fraction of sp³-hybridized carbons (Fsp3) is 0.611. The predicted molar refractivity (Wildman–Crippen MR) is 88.3 cm³/mol. The van der Waals surface area contributed by atoms with Crippen molar-refractivity contribution in [2.45, 2.75) is 64.5 Å². The number of aromatic nitrogens is 2. The molecule has 1 aromatic heterocycles. The Morgan fingerprint density at radius 3 is 2.90 bits per heavy atom. The maximum Gasteiger partial charge on any atom is 0.124 e. The molecule has 3 atom stereocenters. The van der Waals surface area contributed by atoms with E-state index in [2.05, 4.69) is 42.3 Å². The zero-order chi connectivity index (χ0) is 14.7. The van der Waals surface area contributed by atoms with Gasteiger partial charge in [-0.1, -0.05) is 38.3 Å². The van der Waals surface area contributed by atoms with Crippen molar-refractivity contribution in [2.75, 3.05) is 0 Å². The second-order valence-electron chi connectivity index (χ2n) is 6.51. The van der Waals surface area contributed by atoms with Crippen molar-refractivity contribution in [3.8, 4) is 0 Å². The third-order valence-corrected chi connectivity index (χ3v) is 4.97. The Kier molecular flexibility index (Phi) is 4.59. The van der Waals surface area contributed by atoms with Crippen LogP contribution in [0.4, 0.5) is 0 Å². The Morgan fingerprint density at radius 2 is 2.10 bits per heavy atom. The predicted octanol–water partition coefficient (Wildman–Crippen LogP) is 4.57. The normalized spacial score (nSPS) is 24.9. The molecule has 1 saturated carbocycles. The van der Waals surface area contributed by atoms with E-state index in [1.807, 2.05) is 6.07 Å². The fourth-order valence-electron chi connectivity index (χ4n) is 3.56. The minimum atomic E-state index is 0.292. The van der Waals surface area contributed by atoms with E-state index in [4.69, 9.17) is 4.98 Å². The summed E-state index contributed by atoms with van der Waals surface area (Å²) in [6, 6.07) is 9.19. The summed E-state index contributed by atoms with van der Waals surface area (Å²) in [5.41, 5.74) is 2.20. The smallest absolute Gasteiger partial charge is 0.124 e. The number of H-pyrrole nitrogens is 1. The zero-order valence-electron chi connectivity index (χ0n) is 13.2. The van der Waals surface area contributed by atoms with Gasteiger partial charge in [0.15, 0.2) is 0 Å². The molecule has 1 aliphatic carbocycles. The van der Waals surface area contributed by atoms with Crippen molar-refractivity contribution in [2.24, 2.45) is 5.92 Å². The largest absolute Gasteiger partial charge is 0.341 e. The molecule has 3 unspecified atom stereocenters. The lowest BCUT2D eigenvalue weighted by atomic mass is 9.98. The maximum absolute atomic E-state index is 4.71. The second-order valence-corrected chi connectivity index (χ2v) is 6.51. The summed E-state index contributed by atoms with van der Waals surface area (Å²) in [5.74, 6) is 2.01. The van der Waals surface area contributed by atoms with E-state index in [9.17, 15) is 0 Å². The number of benzene rings is 1. The molecule has 3 rings (SSSR count). The molecule has 21 heavy (non-hydrogen) atoms. The van der Waals surface area contributed by atoms with Crippen LogP contribution in [-0.2, 0) is 0 Å². The number of hydrogen-bond acceptors (Lipinski definition) is 2.